The summed E-state index contributed by atoms with van der Waals surface area (Å²) >= 11 is 0. The van der Waals surface area contributed by atoms with Crippen molar-refractivity contribution in [2.24, 2.45) is 0 Å². The van der Waals surface area contributed by atoms with Gasteiger partial charge in [-0.05, 0) is 19.1 Å². The number of carbonyl (C=O) groups is 2. The molecule has 1 aromatic rings. The van der Waals surface area contributed by atoms with Crippen LogP contribution in [-0.4, -0.2) is 42.2 Å². The number of carboxylic acid groups (broad SMARTS) is 1. The van der Waals surface area contributed by atoms with Gasteiger partial charge in [-0.3, -0.25) is 4.79 Å². The number of hydrogen-bond acceptors (Lipinski definition) is 4. The van der Waals surface area contributed by atoms with Crippen LogP contribution >= 0.6 is 0 Å². The molecule has 0 bridgehead atoms. The molecule has 0 saturated carbocycles. The van der Waals surface area contributed by atoms with Crippen molar-refractivity contribution < 1.29 is 19.4 Å². The summed E-state index contributed by atoms with van der Waals surface area (Å²) in [5, 5.41) is 20.3. The van der Waals surface area contributed by atoms with Gasteiger partial charge in [0.2, 0.25) is 0 Å². The summed E-state index contributed by atoms with van der Waals surface area (Å²) in [6.07, 6.45) is 0. The standard InChI is InChI=1S/C13H15N3O4/c1-3-16(8-11(17)18)13(19)15-12-9(7-14)5-4-6-10(12)20-2/h4-6H,3,8H2,1-2H3,(H,15,19)(H,17,18). The van der Waals surface area contributed by atoms with Crippen molar-refractivity contribution in [1.29, 1.82) is 5.26 Å². The molecule has 0 unspecified atom stereocenters. The molecular weight excluding hydrogens is 262 g/mol. The SMILES string of the molecule is CCN(CC(=O)O)C(=O)Nc1c(C#N)cccc1OC. The van der Waals surface area contributed by atoms with Crippen LogP contribution in [-0.2, 0) is 4.79 Å². The molecule has 2 amide bonds. The van der Waals surface area contributed by atoms with Gasteiger partial charge in [-0.2, -0.15) is 5.26 Å². The third kappa shape index (κ3) is 3.62. The van der Waals surface area contributed by atoms with Crippen LogP contribution in [0.2, 0.25) is 0 Å². The number of nitrogens with zero attached hydrogens (tertiary/aromatic N) is 2. The molecule has 0 aromatic heterocycles. The highest BCUT2D eigenvalue weighted by Crippen LogP contribution is 2.28. The summed E-state index contributed by atoms with van der Waals surface area (Å²) in [5.41, 5.74) is 0.468. The minimum atomic E-state index is -1.11. The van der Waals surface area contributed by atoms with Crippen LogP contribution < -0.4 is 10.1 Å². The molecule has 0 fully saturated rings. The number of nitriles is 1. The highest BCUT2D eigenvalue weighted by atomic mass is 16.5. The zero-order valence-electron chi connectivity index (χ0n) is 11.2. The van der Waals surface area contributed by atoms with Crippen molar-refractivity contribution in [3.05, 3.63) is 23.8 Å². The molecule has 0 aliphatic heterocycles. The average molecular weight is 277 g/mol. The van der Waals surface area contributed by atoms with Gasteiger partial charge >= 0.3 is 12.0 Å². The molecule has 106 valence electrons. The quantitative estimate of drug-likeness (QED) is 0.849. The summed E-state index contributed by atoms with van der Waals surface area (Å²) in [6, 6.07) is 6.10. The van der Waals surface area contributed by atoms with Gasteiger partial charge in [0.05, 0.1) is 12.7 Å². The van der Waals surface area contributed by atoms with Gasteiger partial charge in [-0.15, -0.1) is 0 Å². The Hall–Kier alpha value is -2.75. The molecule has 1 aromatic carbocycles. The lowest BCUT2D eigenvalue weighted by Gasteiger charge is -2.20. The number of amides is 2. The van der Waals surface area contributed by atoms with Crippen LogP contribution in [0.15, 0.2) is 18.2 Å². The Bertz CT molecular complexity index is 551. The molecule has 0 atom stereocenters. The number of ether oxygens (including phenoxy) is 1. The minimum Gasteiger partial charge on any atom is -0.495 e. The van der Waals surface area contributed by atoms with Crippen LogP contribution in [0.3, 0.4) is 0 Å². The van der Waals surface area contributed by atoms with Crippen molar-refractivity contribution in [2.75, 3.05) is 25.5 Å². The molecular formula is C13H15N3O4. The fourth-order valence-corrected chi connectivity index (χ4v) is 1.60. The minimum absolute atomic E-state index is 0.228. The highest BCUT2D eigenvalue weighted by Gasteiger charge is 2.18. The Labute approximate surface area is 116 Å². The third-order valence-corrected chi connectivity index (χ3v) is 2.59. The lowest BCUT2D eigenvalue weighted by molar-refractivity contribution is -0.137. The number of benzene rings is 1. The van der Waals surface area contributed by atoms with Crippen molar-refractivity contribution in [1.82, 2.24) is 4.90 Å². The van der Waals surface area contributed by atoms with Gasteiger partial charge in [0.25, 0.3) is 0 Å². The van der Waals surface area contributed by atoms with Gasteiger partial charge < -0.3 is 20.1 Å². The summed E-state index contributed by atoms with van der Waals surface area (Å²) in [6.45, 7) is 1.48. The van der Waals surface area contributed by atoms with Crippen LogP contribution in [0.5, 0.6) is 5.75 Å². The van der Waals surface area contributed by atoms with E-state index in [4.69, 9.17) is 15.1 Å². The topological polar surface area (TPSA) is 103 Å². The Balaban J connectivity index is 3.00. The molecule has 0 radical (unpaired) electrons. The van der Waals surface area contributed by atoms with Crippen LogP contribution in [0.4, 0.5) is 10.5 Å². The number of urea groups is 1. The Morgan fingerprint density at radius 3 is 2.70 bits per heavy atom. The number of carboxylic acids is 1. The molecule has 0 aliphatic carbocycles. The predicted molar refractivity (Wildman–Crippen MR) is 71.6 cm³/mol. The van der Waals surface area contributed by atoms with E-state index in [0.717, 1.165) is 4.90 Å². The molecule has 0 heterocycles. The summed E-state index contributed by atoms with van der Waals surface area (Å²) in [7, 11) is 1.42. The van der Waals surface area contributed by atoms with Gasteiger partial charge in [0.1, 0.15) is 24.1 Å². The molecule has 1 rings (SSSR count). The molecule has 2 N–H and O–H groups in total. The average Bonchev–Trinajstić information content (AvgIpc) is 2.44. The van der Waals surface area contributed by atoms with E-state index in [-0.39, 0.29) is 17.8 Å². The number of likely N-dealkylation sites (N-methyl/N-ethyl adjacent to an activating group) is 1. The number of nitrogens with one attached hydrogen (secondary N) is 1. The van der Waals surface area contributed by atoms with Gasteiger partial charge in [0.15, 0.2) is 0 Å². The number of hydrogen-bond donors (Lipinski definition) is 2. The number of para-hydroxylation sites is 1. The Morgan fingerprint density at radius 1 is 1.50 bits per heavy atom. The van der Waals surface area contributed by atoms with E-state index in [1.165, 1.54) is 13.2 Å². The second-order valence-corrected chi connectivity index (χ2v) is 3.83. The van der Waals surface area contributed by atoms with Gasteiger partial charge in [-0.25, -0.2) is 4.79 Å². The zero-order valence-corrected chi connectivity index (χ0v) is 11.2. The number of aliphatic carboxylic acids is 1. The Kier molecular flexibility index (Phi) is 5.35. The van der Waals surface area contributed by atoms with Crippen molar-refractivity contribution in [3.8, 4) is 11.8 Å². The van der Waals surface area contributed by atoms with Crippen molar-refractivity contribution >= 4 is 17.7 Å². The number of rotatable bonds is 5. The van der Waals surface area contributed by atoms with Crippen LogP contribution in [0.25, 0.3) is 0 Å². The van der Waals surface area contributed by atoms with Crippen molar-refractivity contribution in [3.63, 3.8) is 0 Å². The molecule has 0 spiro atoms. The van der Waals surface area contributed by atoms with E-state index in [9.17, 15) is 9.59 Å². The molecule has 0 saturated heterocycles. The lowest BCUT2D eigenvalue weighted by atomic mass is 10.2. The highest BCUT2D eigenvalue weighted by molar-refractivity contribution is 5.94. The van der Waals surface area contributed by atoms with E-state index in [1.54, 1.807) is 19.1 Å². The normalized spacial score (nSPS) is 9.45. The largest absolute Gasteiger partial charge is 0.495 e. The first-order valence-corrected chi connectivity index (χ1v) is 5.88. The summed E-state index contributed by atoms with van der Waals surface area (Å²) in [5.74, 6) is -0.772. The first kappa shape index (κ1) is 15.3. The first-order valence-electron chi connectivity index (χ1n) is 5.88. The maximum absolute atomic E-state index is 12.0. The summed E-state index contributed by atoms with van der Waals surface area (Å²) < 4.78 is 5.08. The number of carbonyl (C=O) groups excluding carboxylic acids is 1. The van der Waals surface area contributed by atoms with Crippen LogP contribution in [0.1, 0.15) is 12.5 Å². The maximum Gasteiger partial charge on any atom is 0.323 e. The second kappa shape index (κ2) is 6.99. The molecule has 0 aliphatic rings. The third-order valence-electron chi connectivity index (χ3n) is 2.59. The maximum atomic E-state index is 12.0. The van der Waals surface area contributed by atoms with Gasteiger partial charge in [0, 0.05) is 6.54 Å². The van der Waals surface area contributed by atoms with E-state index in [0.29, 0.717) is 5.75 Å². The first-order chi connectivity index (χ1) is 9.53. The van der Waals surface area contributed by atoms with Crippen molar-refractivity contribution in [2.45, 2.75) is 6.92 Å². The van der Waals surface area contributed by atoms with Crippen LogP contribution in [0, 0.1) is 11.3 Å². The molecule has 7 nitrogen and oxygen atoms in total. The van der Waals surface area contributed by atoms with E-state index in [2.05, 4.69) is 5.32 Å². The summed E-state index contributed by atoms with van der Waals surface area (Å²) in [4.78, 5) is 23.8. The lowest BCUT2D eigenvalue weighted by Crippen LogP contribution is -2.38. The van der Waals surface area contributed by atoms with E-state index >= 15 is 0 Å². The number of methoxy groups -OCH3 is 1. The van der Waals surface area contributed by atoms with Gasteiger partial charge in [-0.1, -0.05) is 6.07 Å². The second-order valence-electron chi connectivity index (χ2n) is 3.83. The fourth-order valence-electron chi connectivity index (χ4n) is 1.60. The smallest absolute Gasteiger partial charge is 0.323 e. The zero-order chi connectivity index (χ0) is 15.1. The molecule has 7 heteroatoms. The number of anilines is 1. The molecule has 20 heavy (non-hydrogen) atoms. The predicted octanol–water partition coefficient (Wildman–Crippen LogP) is 1.51. The fraction of sp³-hybridized carbons (Fsp3) is 0.308. The van der Waals surface area contributed by atoms with E-state index in [1.807, 2.05) is 6.07 Å². The Morgan fingerprint density at radius 2 is 2.20 bits per heavy atom. The monoisotopic (exact) mass is 277 g/mol. The van der Waals surface area contributed by atoms with E-state index < -0.39 is 18.5 Å².